The summed E-state index contributed by atoms with van der Waals surface area (Å²) in [5.41, 5.74) is -3.49. The van der Waals surface area contributed by atoms with Gasteiger partial charge in [-0.3, -0.25) is 4.90 Å². The number of sulfone groups is 1. The fourth-order valence-corrected chi connectivity index (χ4v) is 4.24. The second kappa shape index (κ2) is 8.73. The Bertz CT molecular complexity index is 948. The van der Waals surface area contributed by atoms with E-state index in [1.165, 1.54) is 18.2 Å². The highest BCUT2D eigenvalue weighted by Crippen LogP contribution is 2.34. The van der Waals surface area contributed by atoms with E-state index in [1.807, 2.05) is 31.2 Å². The molecule has 1 fully saturated rings. The summed E-state index contributed by atoms with van der Waals surface area (Å²) in [6.45, 7) is 5.35. The van der Waals surface area contributed by atoms with E-state index in [0.717, 1.165) is 36.8 Å². The quantitative estimate of drug-likeness (QED) is 0.758. The lowest BCUT2D eigenvalue weighted by atomic mass is 10.1. The van der Waals surface area contributed by atoms with Crippen LogP contribution in [0.4, 0.5) is 18.9 Å². The molecule has 1 aliphatic rings. The van der Waals surface area contributed by atoms with Crippen LogP contribution >= 0.6 is 0 Å². The average Bonchev–Trinajstić information content (AvgIpc) is 2.66. The van der Waals surface area contributed by atoms with Crippen LogP contribution in [0.5, 0.6) is 0 Å². The lowest BCUT2D eigenvalue weighted by Gasteiger charge is -2.31. The van der Waals surface area contributed by atoms with E-state index in [4.69, 9.17) is 4.74 Å². The minimum atomic E-state index is -5.43. The first-order valence-corrected chi connectivity index (χ1v) is 10.7. The summed E-state index contributed by atoms with van der Waals surface area (Å²) in [4.78, 5) is 1.51. The molecule has 1 saturated heterocycles. The standard InChI is InChI=1S/C20H23F3N2O3S/c1-15-13-25(9-10-28-15)14-17-6-4-5-16(11-17)12-24-18-7-2-3-8-19(18)29(26,27)20(21,22)23/h2-8,11,15,24H,9-10,12-14H2,1H3. The van der Waals surface area contributed by atoms with Gasteiger partial charge in [-0.15, -0.1) is 0 Å². The largest absolute Gasteiger partial charge is 0.501 e. The minimum absolute atomic E-state index is 0.0720. The fraction of sp³-hybridized carbons (Fsp3) is 0.400. The van der Waals surface area contributed by atoms with Crippen LogP contribution in [-0.2, 0) is 27.7 Å². The third kappa shape index (κ3) is 5.29. The summed E-state index contributed by atoms with van der Waals surface area (Å²) in [6, 6.07) is 12.7. The van der Waals surface area contributed by atoms with Gasteiger partial charge in [0.1, 0.15) is 0 Å². The zero-order chi connectivity index (χ0) is 21.1. The number of alkyl halides is 3. The van der Waals surface area contributed by atoms with Gasteiger partial charge in [-0.1, -0.05) is 36.4 Å². The third-order valence-electron chi connectivity index (χ3n) is 4.69. The number of para-hydroxylation sites is 1. The van der Waals surface area contributed by atoms with Gasteiger partial charge in [-0.2, -0.15) is 13.2 Å². The molecule has 0 bridgehead atoms. The first-order chi connectivity index (χ1) is 13.7. The van der Waals surface area contributed by atoms with Gasteiger partial charge in [-0.05, 0) is 30.2 Å². The fourth-order valence-electron chi connectivity index (χ4n) is 3.30. The second-order valence-corrected chi connectivity index (χ2v) is 8.94. The summed E-state index contributed by atoms with van der Waals surface area (Å²) in [5, 5.41) is 2.83. The number of halogens is 3. The van der Waals surface area contributed by atoms with Crippen molar-refractivity contribution in [2.24, 2.45) is 0 Å². The highest BCUT2D eigenvalue weighted by Gasteiger charge is 2.47. The maximum atomic E-state index is 12.9. The Hall–Kier alpha value is -2.10. The van der Waals surface area contributed by atoms with E-state index < -0.39 is 20.2 Å². The predicted molar refractivity (Wildman–Crippen MR) is 104 cm³/mol. The monoisotopic (exact) mass is 428 g/mol. The van der Waals surface area contributed by atoms with Crippen LogP contribution in [0.25, 0.3) is 0 Å². The van der Waals surface area contributed by atoms with Crippen molar-refractivity contribution >= 4 is 15.5 Å². The number of hydrogen-bond acceptors (Lipinski definition) is 5. The molecular weight excluding hydrogens is 405 g/mol. The highest BCUT2D eigenvalue weighted by atomic mass is 32.2. The molecule has 0 radical (unpaired) electrons. The van der Waals surface area contributed by atoms with E-state index in [9.17, 15) is 21.6 Å². The Balaban J connectivity index is 1.71. The van der Waals surface area contributed by atoms with Gasteiger partial charge in [0.05, 0.1) is 23.3 Å². The molecule has 5 nitrogen and oxygen atoms in total. The van der Waals surface area contributed by atoms with Crippen LogP contribution in [0.3, 0.4) is 0 Å². The SMILES string of the molecule is CC1CN(Cc2cccc(CNc3ccccc3S(=O)(=O)C(F)(F)F)c2)CCO1. The van der Waals surface area contributed by atoms with E-state index in [1.54, 1.807) is 0 Å². The van der Waals surface area contributed by atoms with Gasteiger partial charge in [0.2, 0.25) is 0 Å². The van der Waals surface area contributed by atoms with Gasteiger partial charge in [0.25, 0.3) is 9.84 Å². The maximum absolute atomic E-state index is 12.9. The number of nitrogens with one attached hydrogen (secondary N) is 1. The molecule has 158 valence electrons. The van der Waals surface area contributed by atoms with Crippen LogP contribution in [0.1, 0.15) is 18.1 Å². The second-order valence-electron chi connectivity index (χ2n) is 7.04. The van der Waals surface area contributed by atoms with Crippen molar-refractivity contribution in [1.29, 1.82) is 0 Å². The van der Waals surface area contributed by atoms with Crippen LogP contribution in [0, 0.1) is 0 Å². The van der Waals surface area contributed by atoms with Gasteiger partial charge in [0, 0.05) is 26.2 Å². The number of rotatable bonds is 6. The summed E-state index contributed by atoms with van der Waals surface area (Å²) in [6.07, 6.45) is 0.181. The van der Waals surface area contributed by atoms with Crippen molar-refractivity contribution in [2.75, 3.05) is 25.0 Å². The van der Waals surface area contributed by atoms with Crippen molar-refractivity contribution in [2.45, 2.75) is 36.5 Å². The zero-order valence-electron chi connectivity index (χ0n) is 15.9. The molecule has 0 spiro atoms. The van der Waals surface area contributed by atoms with Crippen molar-refractivity contribution in [3.05, 3.63) is 59.7 Å². The molecule has 29 heavy (non-hydrogen) atoms. The summed E-state index contributed by atoms with van der Waals surface area (Å²) in [7, 11) is -5.43. The molecule has 9 heteroatoms. The van der Waals surface area contributed by atoms with E-state index >= 15 is 0 Å². The van der Waals surface area contributed by atoms with Crippen LogP contribution in [-0.4, -0.2) is 44.6 Å². The van der Waals surface area contributed by atoms with Crippen LogP contribution in [0.15, 0.2) is 53.4 Å². The average molecular weight is 428 g/mol. The summed E-state index contributed by atoms with van der Waals surface area (Å²) in [5.74, 6) is 0. The van der Waals surface area contributed by atoms with Crippen LogP contribution in [0.2, 0.25) is 0 Å². The van der Waals surface area contributed by atoms with E-state index in [0.29, 0.717) is 6.61 Å². The van der Waals surface area contributed by atoms with Gasteiger partial charge < -0.3 is 10.1 Å². The Morgan fingerprint density at radius 2 is 1.86 bits per heavy atom. The number of ether oxygens (including phenoxy) is 1. The molecule has 1 unspecified atom stereocenters. The Labute approximate surface area is 168 Å². The van der Waals surface area contributed by atoms with Crippen molar-refractivity contribution in [3.8, 4) is 0 Å². The normalized spacial score (nSPS) is 18.6. The molecule has 1 atom stereocenters. The molecule has 0 aliphatic carbocycles. The first kappa shape index (κ1) is 21.6. The van der Waals surface area contributed by atoms with Gasteiger partial charge in [0.15, 0.2) is 0 Å². The number of benzene rings is 2. The maximum Gasteiger partial charge on any atom is 0.501 e. The van der Waals surface area contributed by atoms with E-state index in [2.05, 4.69) is 10.2 Å². The molecule has 0 amide bonds. The number of hydrogen-bond donors (Lipinski definition) is 1. The number of anilines is 1. The highest BCUT2D eigenvalue weighted by molar-refractivity contribution is 7.92. The van der Waals surface area contributed by atoms with Crippen molar-refractivity contribution in [3.63, 3.8) is 0 Å². The van der Waals surface area contributed by atoms with Crippen LogP contribution < -0.4 is 5.32 Å². The lowest BCUT2D eigenvalue weighted by molar-refractivity contribution is -0.0435. The van der Waals surface area contributed by atoms with Crippen molar-refractivity contribution < 1.29 is 26.3 Å². The molecule has 1 heterocycles. The summed E-state index contributed by atoms with van der Waals surface area (Å²) >= 11 is 0. The van der Waals surface area contributed by atoms with Gasteiger partial charge in [-0.25, -0.2) is 8.42 Å². The zero-order valence-corrected chi connectivity index (χ0v) is 16.8. The molecular formula is C20H23F3N2O3S. The predicted octanol–water partition coefficient (Wildman–Crippen LogP) is 3.81. The molecule has 3 rings (SSSR count). The first-order valence-electron chi connectivity index (χ1n) is 9.23. The smallest absolute Gasteiger partial charge is 0.380 e. The molecule has 0 aromatic heterocycles. The topological polar surface area (TPSA) is 58.6 Å². The van der Waals surface area contributed by atoms with Gasteiger partial charge >= 0.3 is 5.51 Å². The number of nitrogens with zero attached hydrogens (tertiary/aromatic N) is 1. The van der Waals surface area contributed by atoms with E-state index in [-0.39, 0.29) is 18.3 Å². The molecule has 2 aromatic carbocycles. The molecule has 1 aliphatic heterocycles. The molecule has 0 saturated carbocycles. The minimum Gasteiger partial charge on any atom is -0.380 e. The Morgan fingerprint density at radius 1 is 1.14 bits per heavy atom. The number of morpholine rings is 1. The molecule has 1 N–H and O–H groups in total. The van der Waals surface area contributed by atoms with Crippen molar-refractivity contribution in [1.82, 2.24) is 4.90 Å². The third-order valence-corrected chi connectivity index (χ3v) is 6.23. The molecule has 2 aromatic rings. The summed E-state index contributed by atoms with van der Waals surface area (Å²) < 4.78 is 68.0. The Kier molecular flexibility index (Phi) is 6.50. The Morgan fingerprint density at radius 3 is 2.59 bits per heavy atom. The lowest BCUT2D eigenvalue weighted by Crippen LogP contribution is -2.40.